The molecule has 6 heteroatoms. The van der Waals surface area contributed by atoms with Gasteiger partial charge in [-0.25, -0.2) is 4.68 Å². The SMILES string of the molecule is CCc1ccc(-c2cc(NC(=O)Cc3cnn(-c4ccccc4)c3)on2)cc1. The largest absolute Gasteiger partial charge is 0.338 e. The van der Waals surface area contributed by atoms with Crippen molar-refractivity contribution in [3.8, 4) is 16.9 Å². The van der Waals surface area contributed by atoms with Crippen LogP contribution < -0.4 is 5.32 Å². The van der Waals surface area contributed by atoms with Gasteiger partial charge in [0.05, 0.1) is 18.3 Å². The van der Waals surface area contributed by atoms with Crippen LogP contribution in [-0.4, -0.2) is 20.8 Å². The summed E-state index contributed by atoms with van der Waals surface area (Å²) in [5.41, 5.74) is 4.66. The molecule has 0 aliphatic heterocycles. The van der Waals surface area contributed by atoms with Gasteiger partial charge in [-0.1, -0.05) is 54.5 Å². The lowest BCUT2D eigenvalue weighted by Crippen LogP contribution is -2.13. The van der Waals surface area contributed by atoms with Crippen LogP contribution in [-0.2, 0) is 17.6 Å². The fourth-order valence-corrected chi connectivity index (χ4v) is 2.92. The molecule has 28 heavy (non-hydrogen) atoms. The first-order chi connectivity index (χ1) is 13.7. The van der Waals surface area contributed by atoms with E-state index in [9.17, 15) is 4.79 Å². The third-order valence-electron chi connectivity index (χ3n) is 4.45. The number of nitrogens with one attached hydrogen (secondary N) is 1. The second kappa shape index (κ2) is 7.92. The Morgan fingerprint density at radius 2 is 1.86 bits per heavy atom. The first-order valence-corrected chi connectivity index (χ1v) is 9.16. The van der Waals surface area contributed by atoms with Crippen molar-refractivity contribution in [2.75, 3.05) is 5.32 Å². The number of benzene rings is 2. The molecular weight excluding hydrogens is 352 g/mol. The highest BCUT2D eigenvalue weighted by Crippen LogP contribution is 2.22. The number of anilines is 1. The normalized spacial score (nSPS) is 10.8. The molecule has 0 atom stereocenters. The van der Waals surface area contributed by atoms with E-state index in [4.69, 9.17) is 4.52 Å². The number of hydrogen-bond donors (Lipinski definition) is 1. The zero-order valence-electron chi connectivity index (χ0n) is 15.5. The maximum absolute atomic E-state index is 12.3. The van der Waals surface area contributed by atoms with Crippen LogP contribution in [0.5, 0.6) is 0 Å². The first kappa shape index (κ1) is 17.7. The minimum Gasteiger partial charge on any atom is -0.338 e. The molecule has 0 fully saturated rings. The van der Waals surface area contributed by atoms with Crippen molar-refractivity contribution >= 4 is 11.8 Å². The molecule has 4 aromatic rings. The number of para-hydroxylation sites is 1. The zero-order valence-corrected chi connectivity index (χ0v) is 15.5. The number of hydrogen-bond acceptors (Lipinski definition) is 4. The van der Waals surface area contributed by atoms with Gasteiger partial charge < -0.3 is 4.52 Å². The van der Waals surface area contributed by atoms with Gasteiger partial charge in [0.2, 0.25) is 11.8 Å². The topological polar surface area (TPSA) is 73.0 Å². The van der Waals surface area contributed by atoms with Gasteiger partial charge in [0, 0.05) is 17.8 Å². The number of rotatable bonds is 6. The molecular formula is C22H20N4O2. The van der Waals surface area contributed by atoms with E-state index in [1.807, 2.05) is 48.7 Å². The summed E-state index contributed by atoms with van der Waals surface area (Å²) in [5, 5.41) is 11.1. The lowest BCUT2D eigenvalue weighted by molar-refractivity contribution is -0.115. The Kier molecular flexibility index (Phi) is 5.01. The smallest absolute Gasteiger partial charge is 0.231 e. The summed E-state index contributed by atoms with van der Waals surface area (Å²) in [5.74, 6) is 0.145. The standard InChI is InChI=1S/C22H20N4O2/c1-2-16-8-10-18(11-9-16)20-13-22(28-25-20)24-21(27)12-17-14-23-26(15-17)19-6-4-3-5-7-19/h3-11,13-15H,2,12H2,1H3,(H,24,27). The number of carbonyl (C=O) groups excluding carboxylic acids is 1. The van der Waals surface area contributed by atoms with Crippen LogP contribution >= 0.6 is 0 Å². The average molecular weight is 372 g/mol. The van der Waals surface area contributed by atoms with Crippen LogP contribution in [0.25, 0.3) is 16.9 Å². The molecule has 0 bridgehead atoms. The van der Waals surface area contributed by atoms with Gasteiger partial charge in [0.15, 0.2) is 0 Å². The Balaban J connectivity index is 1.39. The zero-order chi connectivity index (χ0) is 19.3. The molecule has 2 aromatic heterocycles. The quantitative estimate of drug-likeness (QED) is 0.548. The van der Waals surface area contributed by atoms with Crippen molar-refractivity contribution in [1.82, 2.24) is 14.9 Å². The third kappa shape index (κ3) is 4.01. The molecule has 2 heterocycles. The van der Waals surface area contributed by atoms with Gasteiger partial charge in [-0.05, 0) is 29.7 Å². The van der Waals surface area contributed by atoms with E-state index in [0.29, 0.717) is 11.6 Å². The van der Waals surface area contributed by atoms with Crippen molar-refractivity contribution in [3.05, 3.63) is 84.2 Å². The second-order valence-corrected chi connectivity index (χ2v) is 6.48. The molecule has 0 saturated carbocycles. The van der Waals surface area contributed by atoms with E-state index < -0.39 is 0 Å². The molecule has 2 aromatic carbocycles. The third-order valence-corrected chi connectivity index (χ3v) is 4.45. The molecule has 0 aliphatic rings. The molecule has 0 unspecified atom stereocenters. The van der Waals surface area contributed by atoms with E-state index in [0.717, 1.165) is 23.2 Å². The number of carbonyl (C=O) groups is 1. The molecule has 4 rings (SSSR count). The lowest BCUT2D eigenvalue weighted by Gasteiger charge is -2.00. The van der Waals surface area contributed by atoms with Crippen molar-refractivity contribution in [2.45, 2.75) is 19.8 Å². The summed E-state index contributed by atoms with van der Waals surface area (Å²) in [6.45, 7) is 2.11. The molecule has 1 N–H and O–H groups in total. The predicted molar refractivity (Wildman–Crippen MR) is 107 cm³/mol. The fraction of sp³-hybridized carbons (Fsp3) is 0.136. The minimum atomic E-state index is -0.184. The van der Waals surface area contributed by atoms with Crippen LogP contribution in [0.15, 0.2) is 77.6 Å². The molecule has 1 amide bonds. The molecule has 0 spiro atoms. The highest BCUT2D eigenvalue weighted by Gasteiger charge is 2.11. The van der Waals surface area contributed by atoms with Gasteiger partial charge in [0.1, 0.15) is 5.69 Å². The minimum absolute atomic E-state index is 0.184. The van der Waals surface area contributed by atoms with E-state index in [-0.39, 0.29) is 12.3 Å². The predicted octanol–water partition coefficient (Wildman–Crippen LogP) is 4.27. The Bertz CT molecular complexity index is 1070. The van der Waals surface area contributed by atoms with E-state index >= 15 is 0 Å². The van der Waals surface area contributed by atoms with Gasteiger partial charge in [-0.3, -0.25) is 10.1 Å². The number of aryl methyl sites for hydroxylation is 1. The van der Waals surface area contributed by atoms with Crippen molar-refractivity contribution < 1.29 is 9.32 Å². The Morgan fingerprint density at radius 3 is 2.61 bits per heavy atom. The fourth-order valence-electron chi connectivity index (χ4n) is 2.92. The van der Waals surface area contributed by atoms with Crippen LogP contribution in [0.3, 0.4) is 0 Å². The summed E-state index contributed by atoms with van der Waals surface area (Å²) in [6, 6.07) is 19.6. The summed E-state index contributed by atoms with van der Waals surface area (Å²) in [7, 11) is 0. The molecule has 0 saturated heterocycles. The summed E-state index contributed by atoms with van der Waals surface area (Å²) in [4.78, 5) is 12.3. The number of nitrogens with zero attached hydrogens (tertiary/aromatic N) is 3. The van der Waals surface area contributed by atoms with Gasteiger partial charge in [-0.15, -0.1) is 0 Å². The Morgan fingerprint density at radius 1 is 1.07 bits per heavy atom. The number of aromatic nitrogens is 3. The summed E-state index contributed by atoms with van der Waals surface area (Å²) in [6.07, 6.45) is 4.72. The first-order valence-electron chi connectivity index (χ1n) is 9.16. The summed E-state index contributed by atoms with van der Waals surface area (Å²) < 4.78 is 7.00. The number of amides is 1. The maximum atomic E-state index is 12.3. The Hall–Kier alpha value is -3.67. The lowest BCUT2D eigenvalue weighted by atomic mass is 10.1. The van der Waals surface area contributed by atoms with Gasteiger partial charge in [-0.2, -0.15) is 5.10 Å². The van der Waals surface area contributed by atoms with E-state index in [2.05, 4.69) is 34.6 Å². The molecule has 140 valence electrons. The highest BCUT2D eigenvalue weighted by atomic mass is 16.5. The monoisotopic (exact) mass is 372 g/mol. The molecule has 0 radical (unpaired) electrons. The van der Waals surface area contributed by atoms with Crippen LogP contribution in [0.1, 0.15) is 18.1 Å². The maximum Gasteiger partial charge on any atom is 0.231 e. The van der Waals surface area contributed by atoms with Crippen LogP contribution in [0.2, 0.25) is 0 Å². The average Bonchev–Trinajstić information content (AvgIpc) is 3.38. The Labute approximate surface area is 162 Å². The van der Waals surface area contributed by atoms with Crippen molar-refractivity contribution in [1.29, 1.82) is 0 Å². The van der Waals surface area contributed by atoms with E-state index in [1.54, 1.807) is 16.9 Å². The van der Waals surface area contributed by atoms with Gasteiger partial charge in [0.25, 0.3) is 0 Å². The van der Waals surface area contributed by atoms with Crippen LogP contribution in [0, 0.1) is 0 Å². The summed E-state index contributed by atoms with van der Waals surface area (Å²) >= 11 is 0. The van der Waals surface area contributed by atoms with E-state index in [1.165, 1.54) is 5.56 Å². The highest BCUT2D eigenvalue weighted by molar-refractivity contribution is 5.91. The molecule has 0 aliphatic carbocycles. The van der Waals surface area contributed by atoms with Gasteiger partial charge >= 0.3 is 0 Å². The van der Waals surface area contributed by atoms with Crippen molar-refractivity contribution in [2.24, 2.45) is 0 Å². The molecule has 6 nitrogen and oxygen atoms in total. The second-order valence-electron chi connectivity index (χ2n) is 6.48. The van der Waals surface area contributed by atoms with Crippen molar-refractivity contribution in [3.63, 3.8) is 0 Å². The van der Waals surface area contributed by atoms with Crippen LogP contribution in [0.4, 0.5) is 5.88 Å².